The number of aryl methyl sites for hydroxylation is 1. The van der Waals surface area contributed by atoms with Gasteiger partial charge in [-0.05, 0) is 42.2 Å². The van der Waals surface area contributed by atoms with Crippen molar-refractivity contribution in [3.05, 3.63) is 35.4 Å². The number of rotatable bonds is 6. The van der Waals surface area contributed by atoms with Gasteiger partial charge in [0.25, 0.3) is 5.91 Å². The van der Waals surface area contributed by atoms with Crippen molar-refractivity contribution < 1.29 is 14.4 Å². The average molecular weight is 400 g/mol. The second-order valence-electron chi connectivity index (χ2n) is 8.82. The number of hydrogen-bond donors (Lipinski definition) is 2. The van der Waals surface area contributed by atoms with E-state index in [1.54, 1.807) is 0 Å². The monoisotopic (exact) mass is 399 g/mol. The third-order valence-corrected chi connectivity index (χ3v) is 6.53. The van der Waals surface area contributed by atoms with Crippen LogP contribution in [0.25, 0.3) is 0 Å². The van der Waals surface area contributed by atoms with Crippen LogP contribution in [0.15, 0.2) is 24.3 Å². The van der Waals surface area contributed by atoms with Crippen molar-refractivity contribution in [1.82, 2.24) is 15.5 Å². The fraction of sp³-hybridized carbons (Fsp3) is 0.609. The molecule has 3 rings (SSSR count). The first-order chi connectivity index (χ1) is 13.8. The Labute approximate surface area is 173 Å². The number of amides is 4. The van der Waals surface area contributed by atoms with E-state index in [0.29, 0.717) is 6.42 Å². The van der Waals surface area contributed by atoms with E-state index < -0.39 is 11.6 Å². The van der Waals surface area contributed by atoms with Gasteiger partial charge in [0.2, 0.25) is 5.91 Å². The van der Waals surface area contributed by atoms with Crippen LogP contribution in [0, 0.1) is 11.8 Å². The molecule has 2 fully saturated rings. The lowest BCUT2D eigenvalue weighted by Gasteiger charge is -2.36. The van der Waals surface area contributed by atoms with E-state index >= 15 is 0 Å². The molecule has 158 valence electrons. The third kappa shape index (κ3) is 4.16. The molecule has 1 aromatic rings. The Morgan fingerprint density at radius 2 is 1.93 bits per heavy atom. The van der Waals surface area contributed by atoms with E-state index in [1.807, 2.05) is 32.9 Å². The van der Waals surface area contributed by atoms with E-state index in [9.17, 15) is 14.4 Å². The van der Waals surface area contributed by atoms with Gasteiger partial charge in [0.15, 0.2) is 0 Å². The van der Waals surface area contributed by atoms with Gasteiger partial charge in [0.1, 0.15) is 12.1 Å². The second kappa shape index (κ2) is 8.56. The lowest BCUT2D eigenvalue weighted by atomic mass is 9.73. The summed E-state index contributed by atoms with van der Waals surface area (Å²) < 4.78 is 0. The van der Waals surface area contributed by atoms with Gasteiger partial charge >= 0.3 is 6.03 Å². The molecule has 4 amide bonds. The summed E-state index contributed by atoms with van der Waals surface area (Å²) in [6.45, 7) is 7.97. The van der Waals surface area contributed by atoms with E-state index in [0.717, 1.165) is 36.1 Å². The lowest BCUT2D eigenvalue weighted by molar-refractivity contribution is -0.137. The molecule has 1 spiro atoms. The van der Waals surface area contributed by atoms with Crippen molar-refractivity contribution in [2.24, 2.45) is 11.8 Å². The molecule has 0 radical (unpaired) electrons. The van der Waals surface area contributed by atoms with Crippen molar-refractivity contribution in [3.8, 4) is 0 Å². The smallest absolute Gasteiger partial charge is 0.325 e. The molecule has 1 aromatic carbocycles. The maximum absolute atomic E-state index is 13.1. The van der Waals surface area contributed by atoms with Crippen molar-refractivity contribution in [1.29, 1.82) is 0 Å². The first-order valence-electron chi connectivity index (χ1n) is 10.8. The first-order valence-corrected chi connectivity index (χ1v) is 10.8. The van der Waals surface area contributed by atoms with E-state index in [2.05, 4.69) is 29.7 Å². The maximum Gasteiger partial charge on any atom is 0.325 e. The molecule has 0 bridgehead atoms. The first kappa shape index (κ1) is 21.3. The van der Waals surface area contributed by atoms with Crippen LogP contribution >= 0.6 is 0 Å². The summed E-state index contributed by atoms with van der Waals surface area (Å²) in [4.78, 5) is 39.4. The van der Waals surface area contributed by atoms with Crippen LogP contribution in [0.2, 0.25) is 0 Å². The summed E-state index contributed by atoms with van der Waals surface area (Å²) in [7, 11) is 0. The summed E-state index contributed by atoms with van der Waals surface area (Å²) in [6, 6.07) is 7.60. The van der Waals surface area contributed by atoms with Gasteiger partial charge < -0.3 is 10.6 Å². The molecule has 0 unspecified atom stereocenters. The highest BCUT2D eigenvalue weighted by Crippen LogP contribution is 2.38. The van der Waals surface area contributed by atoms with Gasteiger partial charge in [-0.25, -0.2) is 4.79 Å². The molecule has 2 N–H and O–H groups in total. The molecule has 0 aromatic heterocycles. The maximum atomic E-state index is 13.1. The quantitative estimate of drug-likeness (QED) is 0.718. The number of carbonyl (C=O) groups excluding carboxylic acids is 3. The molecule has 6 nitrogen and oxygen atoms in total. The highest BCUT2D eigenvalue weighted by atomic mass is 16.2. The molecule has 1 heterocycles. The molecule has 6 heteroatoms. The highest BCUT2D eigenvalue weighted by molar-refractivity contribution is 6.09. The number of urea groups is 1. The minimum absolute atomic E-state index is 0.0845. The fourth-order valence-corrected chi connectivity index (χ4v) is 4.60. The Balaban J connectivity index is 1.70. The number of hydrogen-bond acceptors (Lipinski definition) is 3. The molecule has 1 saturated carbocycles. The number of benzene rings is 1. The lowest BCUT2D eigenvalue weighted by Crippen LogP contribution is -2.54. The number of carbonyl (C=O) groups is 3. The highest BCUT2D eigenvalue weighted by Gasteiger charge is 2.55. The standard InChI is InChI=1S/C23H33N3O3/c1-5-17-9-11-18(12-10-17)20(15(2)3)24-19(27)14-26-21(28)23(25-22(26)29)13-7-6-8-16(23)4/h9-12,15-16,20H,5-8,13-14H2,1-4H3,(H,24,27)(H,25,29)/t16-,20+,23-/m0/s1. The van der Waals surface area contributed by atoms with Crippen LogP contribution in [-0.4, -0.2) is 34.8 Å². The van der Waals surface area contributed by atoms with Crippen LogP contribution in [-0.2, 0) is 16.0 Å². The van der Waals surface area contributed by atoms with Crippen LogP contribution < -0.4 is 10.6 Å². The number of nitrogens with zero attached hydrogens (tertiary/aromatic N) is 1. The predicted octanol–water partition coefficient (Wildman–Crippen LogP) is 3.56. The van der Waals surface area contributed by atoms with E-state index in [4.69, 9.17) is 0 Å². The van der Waals surface area contributed by atoms with Gasteiger partial charge in [-0.15, -0.1) is 0 Å². The third-order valence-electron chi connectivity index (χ3n) is 6.53. The zero-order valence-electron chi connectivity index (χ0n) is 18.0. The summed E-state index contributed by atoms with van der Waals surface area (Å²) in [6.07, 6.45) is 4.51. The number of imide groups is 1. The second-order valence-corrected chi connectivity index (χ2v) is 8.82. The topological polar surface area (TPSA) is 78.5 Å². The van der Waals surface area contributed by atoms with Gasteiger partial charge in [-0.3, -0.25) is 14.5 Å². The molecule has 3 atom stereocenters. The molecule has 1 aliphatic carbocycles. The largest absolute Gasteiger partial charge is 0.347 e. The predicted molar refractivity (Wildman–Crippen MR) is 112 cm³/mol. The van der Waals surface area contributed by atoms with E-state index in [-0.39, 0.29) is 36.2 Å². The molecular weight excluding hydrogens is 366 g/mol. The Morgan fingerprint density at radius 1 is 1.24 bits per heavy atom. The van der Waals surface area contributed by atoms with Crippen LogP contribution in [0.5, 0.6) is 0 Å². The van der Waals surface area contributed by atoms with Crippen molar-refractivity contribution >= 4 is 17.8 Å². The van der Waals surface area contributed by atoms with Crippen molar-refractivity contribution in [3.63, 3.8) is 0 Å². The van der Waals surface area contributed by atoms with Gasteiger partial charge in [-0.2, -0.15) is 0 Å². The minimum atomic E-state index is -0.830. The van der Waals surface area contributed by atoms with E-state index in [1.165, 1.54) is 5.56 Å². The Bertz CT molecular complexity index is 774. The van der Waals surface area contributed by atoms with Crippen molar-refractivity contribution in [2.45, 2.75) is 71.4 Å². The fourth-order valence-electron chi connectivity index (χ4n) is 4.60. The molecule has 2 aliphatic rings. The summed E-state index contributed by atoms with van der Waals surface area (Å²) in [5, 5.41) is 5.93. The zero-order chi connectivity index (χ0) is 21.2. The van der Waals surface area contributed by atoms with Gasteiger partial charge in [0.05, 0.1) is 6.04 Å². The molecule has 1 saturated heterocycles. The summed E-state index contributed by atoms with van der Waals surface area (Å²) in [5.74, 6) is -0.300. The van der Waals surface area contributed by atoms with Crippen LogP contribution in [0.3, 0.4) is 0 Å². The Hall–Kier alpha value is -2.37. The molecule has 29 heavy (non-hydrogen) atoms. The molecular formula is C23H33N3O3. The van der Waals surface area contributed by atoms with Gasteiger partial charge in [-0.1, -0.05) is 64.8 Å². The average Bonchev–Trinajstić information content (AvgIpc) is 2.93. The minimum Gasteiger partial charge on any atom is -0.347 e. The van der Waals surface area contributed by atoms with Crippen molar-refractivity contribution in [2.75, 3.05) is 6.54 Å². The van der Waals surface area contributed by atoms with Gasteiger partial charge in [0, 0.05) is 0 Å². The molecule has 1 aliphatic heterocycles. The number of nitrogens with one attached hydrogen (secondary N) is 2. The zero-order valence-corrected chi connectivity index (χ0v) is 18.0. The SMILES string of the molecule is CCc1ccc([C@H](NC(=O)CN2C(=O)N[C@]3(CCCC[C@@H]3C)C2=O)C(C)C)cc1. The normalized spacial score (nSPS) is 25.4. The summed E-state index contributed by atoms with van der Waals surface area (Å²) >= 11 is 0. The van der Waals surface area contributed by atoms with Crippen LogP contribution in [0.4, 0.5) is 4.79 Å². The Kier molecular flexibility index (Phi) is 6.30. The summed E-state index contributed by atoms with van der Waals surface area (Å²) in [5.41, 5.74) is 1.44. The van der Waals surface area contributed by atoms with Crippen LogP contribution in [0.1, 0.15) is 70.5 Å². The Morgan fingerprint density at radius 3 is 2.52 bits per heavy atom.